The van der Waals surface area contributed by atoms with Gasteiger partial charge in [0.25, 0.3) is 5.91 Å². The van der Waals surface area contributed by atoms with E-state index in [9.17, 15) is 22.8 Å². The Kier molecular flexibility index (Phi) is 11.4. The molecule has 0 aliphatic carbocycles. The number of halogens is 5. The maximum absolute atomic E-state index is 15.1. The molecule has 0 spiro atoms. The molecule has 3 amide bonds. The van der Waals surface area contributed by atoms with Crippen molar-refractivity contribution in [2.75, 3.05) is 29.6 Å². The zero-order chi connectivity index (χ0) is 36.2. The molecule has 11 nitrogen and oxygen atoms in total. The number of nitrogens with one attached hydrogen (secondary N) is 2. The van der Waals surface area contributed by atoms with Crippen LogP contribution in [0.2, 0.25) is 0 Å². The quantitative estimate of drug-likeness (QED) is 0.241. The molecular weight excluding hydrogens is 653 g/mol. The minimum Gasteiger partial charge on any atom is -0.475 e. The average molecular weight is 692 g/mol. The first-order valence-electron chi connectivity index (χ1n) is 15.7. The fourth-order valence-electron chi connectivity index (χ4n) is 5.66. The van der Waals surface area contributed by atoms with Gasteiger partial charge in [0, 0.05) is 41.9 Å². The lowest BCUT2D eigenvalue weighted by Gasteiger charge is -2.32. The van der Waals surface area contributed by atoms with Crippen LogP contribution in [0.3, 0.4) is 0 Å². The van der Waals surface area contributed by atoms with Crippen molar-refractivity contribution < 1.29 is 41.4 Å². The Morgan fingerprint density at radius 3 is 2.24 bits per heavy atom. The van der Waals surface area contributed by atoms with Crippen molar-refractivity contribution in [3.8, 4) is 11.3 Å². The third-order valence-corrected chi connectivity index (χ3v) is 8.13. The third-order valence-electron chi connectivity index (χ3n) is 8.13. The van der Waals surface area contributed by atoms with Gasteiger partial charge in [-0.05, 0) is 63.4 Å². The zero-order valence-electron chi connectivity index (χ0n) is 27.7. The fourth-order valence-corrected chi connectivity index (χ4v) is 5.66. The third kappa shape index (κ3) is 8.24. The molecule has 16 heteroatoms. The zero-order valence-corrected chi connectivity index (χ0v) is 27.7. The van der Waals surface area contributed by atoms with Gasteiger partial charge in [-0.25, -0.2) is 28.3 Å². The number of amides is 3. The number of hydrogen-bond acceptors (Lipinski definition) is 7. The van der Waals surface area contributed by atoms with Gasteiger partial charge in [-0.3, -0.25) is 9.69 Å². The molecule has 2 aromatic carbocycles. The maximum atomic E-state index is 15.1. The maximum Gasteiger partial charge on any atom is 0.490 e. The van der Waals surface area contributed by atoms with E-state index in [2.05, 4.69) is 29.4 Å². The fraction of sp³-hybridized carbons (Fsp3) is 0.424. The number of carboxylic acids is 1. The number of nitrogens with zero attached hydrogens (tertiary/aromatic N) is 5. The largest absolute Gasteiger partial charge is 0.490 e. The summed E-state index contributed by atoms with van der Waals surface area (Å²) >= 11 is 0. The summed E-state index contributed by atoms with van der Waals surface area (Å²) in [6.45, 7) is 12.1. The van der Waals surface area contributed by atoms with Crippen LogP contribution in [-0.4, -0.2) is 75.9 Å². The number of rotatable bonds is 8. The van der Waals surface area contributed by atoms with Crippen LogP contribution in [0.5, 0.6) is 0 Å². The number of carboxylic acid groups (broad SMARTS) is 1. The summed E-state index contributed by atoms with van der Waals surface area (Å²) < 4.78 is 61.9. The van der Waals surface area contributed by atoms with Crippen LogP contribution in [0.4, 0.5) is 44.2 Å². The Balaban J connectivity index is 0.000000698. The SMILES string of the molecule is CCC(CC)N1CCN(c2nc(-c3cc(C(=O)NC(C)C)ccc3C)c3c(n2)N(c2c(F)cccc2F)C(=O)NC3)C1.O=C(O)C(F)(F)F. The van der Waals surface area contributed by atoms with Crippen LogP contribution in [0, 0.1) is 18.6 Å². The van der Waals surface area contributed by atoms with Gasteiger partial charge in [0.1, 0.15) is 17.3 Å². The summed E-state index contributed by atoms with van der Waals surface area (Å²) in [6, 6.07) is 8.50. The van der Waals surface area contributed by atoms with Gasteiger partial charge in [0.15, 0.2) is 5.82 Å². The predicted molar refractivity (Wildman–Crippen MR) is 173 cm³/mol. The standard InChI is InChI=1S/C31H37F2N7O2.C2HF3O2/c1-6-21(7-2)38-13-14-39(17-38)30-36-26(22-15-20(12-11-19(22)5)29(41)35-18(3)4)23-16-34-31(42)40(28(23)37-30)27-24(32)9-8-10-25(27)33;3-2(4,5)1(6)7/h8-12,15,18,21H,6-7,13-14,16-17H2,1-5H3,(H,34,42)(H,35,41);(H,6,7). The van der Waals surface area contributed by atoms with E-state index in [-0.39, 0.29) is 24.3 Å². The molecule has 0 radical (unpaired) electrons. The second-order valence-electron chi connectivity index (χ2n) is 11.9. The van der Waals surface area contributed by atoms with Gasteiger partial charge in [0.05, 0.1) is 18.9 Å². The smallest absolute Gasteiger partial charge is 0.475 e. The van der Waals surface area contributed by atoms with Crippen molar-refractivity contribution in [3.63, 3.8) is 0 Å². The van der Waals surface area contributed by atoms with Gasteiger partial charge in [-0.15, -0.1) is 0 Å². The van der Waals surface area contributed by atoms with E-state index in [1.165, 1.54) is 6.07 Å². The molecule has 1 aromatic heterocycles. The lowest BCUT2D eigenvalue weighted by Crippen LogP contribution is -2.43. The minimum atomic E-state index is -5.08. The summed E-state index contributed by atoms with van der Waals surface area (Å²) in [7, 11) is 0. The summed E-state index contributed by atoms with van der Waals surface area (Å²) in [5.41, 5.74) is 2.47. The highest BCUT2D eigenvalue weighted by Gasteiger charge is 2.38. The normalized spacial score (nSPS) is 14.8. The van der Waals surface area contributed by atoms with Crippen LogP contribution in [0.15, 0.2) is 36.4 Å². The molecule has 3 aromatic rings. The lowest BCUT2D eigenvalue weighted by molar-refractivity contribution is -0.192. The highest BCUT2D eigenvalue weighted by molar-refractivity contribution is 6.02. The predicted octanol–water partition coefficient (Wildman–Crippen LogP) is 6.13. The Morgan fingerprint density at radius 2 is 1.67 bits per heavy atom. The Labute approximate surface area is 280 Å². The molecule has 0 saturated carbocycles. The number of carbonyl (C=O) groups excluding carboxylic acids is 2. The number of carbonyl (C=O) groups is 3. The minimum absolute atomic E-state index is 0.0479. The number of alkyl halides is 3. The first kappa shape index (κ1) is 37.0. The first-order valence-corrected chi connectivity index (χ1v) is 15.7. The van der Waals surface area contributed by atoms with E-state index in [4.69, 9.17) is 19.9 Å². The molecule has 0 atom stereocenters. The second-order valence-corrected chi connectivity index (χ2v) is 11.9. The second kappa shape index (κ2) is 15.1. The molecule has 2 aliphatic heterocycles. The van der Waals surface area contributed by atoms with Crippen molar-refractivity contribution in [1.82, 2.24) is 25.5 Å². The molecule has 0 bridgehead atoms. The Hall–Kier alpha value is -4.86. The topological polar surface area (TPSA) is 131 Å². The summed E-state index contributed by atoms with van der Waals surface area (Å²) in [5.74, 6) is -4.29. The molecule has 5 rings (SSSR count). The number of hydrogen-bond donors (Lipinski definition) is 3. The van der Waals surface area contributed by atoms with E-state index < -0.39 is 35.5 Å². The van der Waals surface area contributed by atoms with Crippen LogP contribution in [0.25, 0.3) is 11.3 Å². The molecule has 1 saturated heterocycles. The number of para-hydroxylation sites is 1. The van der Waals surface area contributed by atoms with Gasteiger partial charge in [-0.1, -0.05) is 26.0 Å². The van der Waals surface area contributed by atoms with E-state index in [1.54, 1.807) is 12.1 Å². The van der Waals surface area contributed by atoms with Crippen LogP contribution < -0.4 is 20.4 Å². The van der Waals surface area contributed by atoms with E-state index >= 15 is 8.78 Å². The van der Waals surface area contributed by atoms with Crippen molar-refractivity contribution in [2.45, 2.75) is 72.3 Å². The molecule has 2 aliphatic rings. The number of benzene rings is 2. The van der Waals surface area contributed by atoms with E-state index in [1.807, 2.05) is 31.7 Å². The molecule has 0 unspecified atom stereocenters. The van der Waals surface area contributed by atoms with E-state index in [0.29, 0.717) is 47.6 Å². The van der Waals surface area contributed by atoms with Crippen LogP contribution >= 0.6 is 0 Å². The molecule has 3 N–H and O–H groups in total. The van der Waals surface area contributed by atoms with Crippen LogP contribution in [0.1, 0.15) is 62.0 Å². The summed E-state index contributed by atoms with van der Waals surface area (Å²) in [4.78, 5) is 50.2. The molecule has 1 fully saturated rings. The van der Waals surface area contributed by atoms with Crippen molar-refractivity contribution in [1.29, 1.82) is 0 Å². The van der Waals surface area contributed by atoms with Crippen molar-refractivity contribution in [2.24, 2.45) is 0 Å². The highest BCUT2D eigenvalue weighted by atomic mass is 19.4. The molecular formula is C33H38F5N7O4. The number of urea groups is 1. The molecule has 49 heavy (non-hydrogen) atoms. The van der Waals surface area contributed by atoms with Gasteiger partial charge in [-0.2, -0.15) is 18.2 Å². The van der Waals surface area contributed by atoms with E-state index in [0.717, 1.165) is 42.0 Å². The molecule has 264 valence electrons. The Morgan fingerprint density at radius 1 is 1.04 bits per heavy atom. The van der Waals surface area contributed by atoms with Crippen molar-refractivity contribution in [3.05, 3.63) is 64.7 Å². The highest BCUT2D eigenvalue weighted by Crippen LogP contribution is 2.40. The van der Waals surface area contributed by atoms with Crippen molar-refractivity contribution >= 4 is 35.4 Å². The number of aliphatic carboxylic acids is 1. The molecule has 3 heterocycles. The lowest BCUT2D eigenvalue weighted by atomic mass is 9.97. The van der Waals surface area contributed by atoms with Gasteiger partial charge < -0.3 is 20.6 Å². The van der Waals surface area contributed by atoms with Gasteiger partial charge in [0.2, 0.25) is 5.95 Å². The summed E-state index contributed by atoms with van der Waals surface area (Å²) in [5, 5.41) is 12.8. The number of anilines is 3. The summed E-state index contributed by atoms with van der Waals surface area (Å²) in [6.07, 6.45) is -3.07. The Bertz CT molecular complexity index is 1700. The number of aromatic nitrogens is 2. The van der Waals surface area contributed by atoms with Crippen LogP contribution in [-0.2, 0) is 11.3 Å². The first-order chi connectivity index (χ1) is 23.1. The van der Waals surface area contributed by atoms with Gasteiger partial charge >= 0.3 is 18.2 Å². The number of aryl methyl sites for hydroxylation is 1. The number of fused-ring (bicyclic) bond motifs is 1. The monoisotopic (exact) mass is 691 g/mol. The average Bonchev–Trinajstić information content (AvgIpc) is 3.52.